The van der Waals surface area contributed by atoms with Gasteiger partial charge in [-0.25, -0.2) is 8.42 Å². The topological polar surface area (TPSA) is 63.7 Å². The van der Waals surface area contributed by atoms with E-state index >= 15 is 0 Å². The highest BCUT2D eigenvalue weighted by Gasteiger charge is 2.12. The predicted molar refractivity (Wildman–Crippen MR) is 67.7 cm³/mol. The van der Waals surface area contributed by atoms with Gasteiger partial charge in [-0.3, -0.25) is 9.69 Å². The normalized spacial score (nSPS) is 11.8. The van der Waals surface area contributed by atoms with Gasteiger partial charge in [0.05, 0.1) is 18.9 Å². The minimum absolute atomic E-state index is 0.178. The maximum absolute atomic E-state index is 11.3. The number of nitrogens with zero attached hydrogens (tertiary/aromatic N) is 1. The highest BCUT2D eigenvalue weighted by Crippen LogP contribution is 1.98. The van der Waals surface area contributed by atoms with Crippen LogP contribution in [-0.4, -0.2) is 57.0 Å². The number of ether oxygens (including phenoxy) is 1. The molecule has 0 saturated heterocycles. The van der Waals surface area contributed by atoms with E-state index in [2.05, 4.69) is 0 Å². The Labute approximate surface area is 104 Å². The van der Waals surface area contributed by atoms with Gasteiger partial charge in [0.15, 0.2) is 0 Å². The molecule has 0 unspecified atom stereocenters. The first kappa shape index (κ1) is 16.4. The third kappa shape index (κ3) is 8.15. The van der Waals surface area contributed by atoms with Gasteiger partial charge in [0.25, 0.3) is 0 Å². The smallest absolute Gasteiger partial charge is 0.320 e. The summed E-state index contributed by atoms with van der Waals surface area (Å²) < 4.78 is 27.4. The van der Waals surface area contributed by atoms with Crippen molar-refractivity contribution < 1.29 is 17.9 Å². The molecular formula is C11H23NO4S. The summed E-state index contributed by atoms with van der Waals surface area (Å²) in [4.78, 5) is 13.1. The van der Waals surface area contributed by atoms with Gasteiger partial charge in [-0.2, -0.15) is 0 Å². The van der Waals surface area contributed by atoms with E-state index in [-0.39, 0.29) is 24.0 Å². The molecule has 0 aromatic rings. The van der Waals surface area contributed by atoms with E-state index in [1.54, 1.807) is 13.8 Å². The Morgan fingerprint density at radius 3 is 2.35 bits per heavy atom. The molecule has 0 fully saturated rings. The molecule has 0 N–H and O–H groups in total. The standard InChI is InChI=1S/C11H23NO4S/c1-4-12(10-11(13)16-5-2)8-7-9-17(14,15)6-3/h4-10H2,1-3H3. The van der Waals surface area contributed by atoms with E-state index in [0.29, 0.717) is 26.1 Å². The lowest BCUT2D eigenvalue weighted by Crippen LogP contribution is -2.32. The molecule has 0 heterocycles. The molecule has 6 heteroatoms. The SMILES string of the molecule is CCOC(=O)CN(CC)CCCS(=O)(=O)CC. The Bertz CT molecular complexity index is 313. The van der Waals surface area contributed by atoms with E-state index in [9.17, 15) is 13.2 Å². The van der Waals surface area contributed by atoms with E-state index < -0.39 is 9.84 Å². The predicted octanol–water partition coefficient (Wildman–Crippen LogP) is 0.696. The van der Waals surface area contributed by atoms with Gasteiger partial charge in [0, 0.05) is 5.75 Å². The van der Waals surface area contributed by atoms with Crippen molar-refractivity contribution in [2.45, 2.75) is 27.2 Å². The summed E-state index contributed by atoms with van der Waals surface area (Å²) in [5.41, 5.74) is 0. The van der Waals surface area contributed by atoms with Crippen molar-refractivity contribution in [3.05, 3.63) is 0 Å². The van der Waals surface area contributed by atoms with Crippen molar-refractivity contribution in [2.75, 3.05) is 37.7 Å². The number of rotatable bonds is 9. The molecule has 0 aliphatic carbocycles. The van der Waals surface area contributed by atoms with Gasteiger partial charge >= 0.3 is 5.97 Å². The zero-order valence-electron chi connectivity index (χ0n) is 10.9. The van der Waals surface area contributed by atoms with Crippen LogP contribution in [0.2, 0.25) is 0 Å². The summed E-state index contributed by atoms with van der Waals surface area (Å²) >= 11 is 0. The largest absolute Gasteiger partial charge is 0.465 e. The van der Waals surface area contributed by atoms with Crippen LogP contribution in [0.4, 0.5) is 0 Å². The van der Waals surface area contributed by atoms with Crippen LogP contribution in [-0.2, 0) is 19.4 Å². The second-order valence-electron chi connectivity index (χ2n) is 3.76. The van der Waals surface area contributed by atoms with Crippen molar-refractivity contribution in [3.8, 4) is 0 Å². The molecular weight excluding hydrogens is 242 g/mol. The Hall–Kier alpha value is -0.620. The van der Waals surface area contributed by atoms with E-state index in [0.717, 1.165) is 0 Å². The molecule has 0 amide bonds. The lowest BCUT2D eigenvalue weighted by molar-refractivity contribution is -0.144. The van der Waals surface area contributed by atoms with E-state index in [1.807, 2.05) is 11.8 Å². The molecule has 0 aromatic heterocycles. The quantitative estimate of drug-likeness (QED) is 0.574. The van der Waals surface area contributed by atoms with Crippen molar-refractivity contribution in [1.29, 1.82) is 0 Å². The van der Waals surface area contributed by atoms with Gasteiger partial charge in [-0.05, 0) is 26.4 Å². The van der Waals surface area contributed by atoms with Gasteiger partial charge in [0.1, 0.15) is 9.84 Å². The molecule has 0 aromatic carbocycles. The maximum Gasteiger partial charge on any atom is 0.320 e. The van der Waals surface area contributed by atoms with Crippen LogP contribution in [0, 0.1) is 0 Å². The monoisotopic (exact) mass is 265 g/mol. The first-order chi connectivity index (χ1) is 7.95. The van der Waals surface area contributed by atoms with Crippen LogP contribution in [0.1, 0.15) is 27.2 Å². The summed E-state index contributed by atoms with van der Waals surface area (Å²) in [6.07, 6.45) is 0.559. The Morgan fingerprint density at radius 1 is 1.24 bits per heavy atom. The molecule has 5 nitrogen and oxygen atoms in total. The van der Waals surface area contributed by atoms with Crippen molar-refractivity contribution >= 4 is 15.8 Å². The van der Waals surface area contributed by atoms with E-state index in [1.165, 1.54) is 0 Å². The molecule has 102 valence electrons. The fraction of sp³-hybridized carbons (Fsp3) is 0.909. The molecule has 0 radical (unpaired) electrons. The second kappa shape index (κ2) is 8.47. The number of hydrogen-bond acceptors (Lipinski definition) is 5. The minimum atomic E-state index is -2.90. The van der Waals surface area contributed by atoms with Gasteiger partial charge < -0.3 is 4.74 Å². The van der Waals surface area contributed by atoms with Gasteiger partial charge in [-0.15, -0.1) is 0 Å². The van der Waals surface area contributed by atoms with Gasteiger partial charge in [0.2, 0.25) is 0 Å². The Morgan fingerprint density at radius 2 is 1.88 bits per heavy atom. The first-order valence-electron chi connectivity index (χ1n) is 6.03. The number of carbonyl (C=O) groups excluding carboxylic acids is 1. The Kier molecular flexibility index (Phi) is 8.16. The van der Waals surface area contributed by atoms with Gasteiger partial charge in [-0.1, -0.05) is 13.8 Å². The van der Waals surface area contributed by atoms with Crippen LogP contribution < -0.4 is 0 Å². The molecule has 0 bridgehead atoms. The van der Waals surface area contributed by atoms with Crippen molar-refractivity contribution in [2.24, 2.45) is 0 Å². The third-order valence-corrected chi connectivity index (χ3v) is 4.27. The second-order valence-corrected chi connectivity index (χ2v) is 6.24. The number of hydrogen-bond donors (Lipinski definition) is 0. The van der Waals surface area contributed by atoms with Crippen LogP contribution in [0.15, 0.2) is 0 Å². The maximum atomic E-state index is 11.3. The summed E-state index contributed by atoms with van der Waals surface area (Å²) in [6, 6.07) is 0. The average molecular weight is 265 g/mol. The molecule has 0 atom stereocenters. The highest BCUT2D eigenvalue weighted by atomic mass is 32.2. The number of sulfone groups is 1. The highest BCUT2D eigenvalue weighted by molar-refractivity contribution is 7.91. The molecule has 0 rings (SSSR count). The number of esters is 1. The summed E-state index contributed by atoms with van der Waals surface area (Å²) in [6.45, 7) is 7.28. The first-order valence-corrected chi connectivity index (χ1v) is 7.85. The number of likely N-dealkylation sites (N-methyl/N-ethyl adjacent to an activating group) is 1. The van der Waals surface area contributed by atoms with Crippen LogP contribution >= 0.6 is 0 Å². The van der Waals surface area contributed by atoms with Crippen LogP contribution in [0.5, 0.6) is 0 Å². The zero-order chi connectivity index (χ0) is 13.3. The molecule has 0 spiro atoms. The van der Waals surface area contributed by atoms with Crippen LogP contribution in [0.25, 0.3) is 0 Å². The fourth-order valence-electron chi connectivity index (χ4n) is 1.39. The fourth-order valence-corrected chi connectivity index (χ4v) is 2.25. The molecule has 17 heavy (non-hydrogen) atoms. The molecule has 0 aliphatic heterocycles. The Balaban J connectivity index is 3.94. The van der Waals surface area contributed by atoms with E-state index in [4.69, 9.17) is 4.74 Å². The minimum Gasteiger partial charge on any atom is -0.465 e. The lowest BCUT2D eigenvalue weighted by Gasteiger charge is -2.18. The molecule has 0 aliphatic rings. The lowest BCUT2D eigenvalue weighted by atomic mass is 10.4. The van der Waals surface area contributed by atoms with Crippen molar-refractivity contribution in [1.82, 2.24) is 4.90 Å². The summed E-state index contributed by atoms with van der Waals surface area (Å²) in [7, 11) is -2.90. The number of carbonyl (C=O) groups is 1. The van der Waals surface area contributed by atoms with Crippen LogP contribution in [0.3, 0.4) is 0 Å². The summed E-state index contributed by atoms with van der Waals surface area (Å²) in [5, 5.41) is 0. The third-order valence-electron chi connectivity index (χ3n) is 2.47. The summed E-state index contributed by atoms with van der Waals surface area (Å²) in [5.74, 6) is 0.104. The average Bonchev–Trinajstić information content (AvgIpc) is 2.28. The zero-order valence-corrected chi connectivity index (χ0v) is 11.8. The van der Waals surface area contributed by atoms with Crippen molar-refractivity contribution in [3.63, 3.8) is 0 Å². The molecule has 0 saturated carbocycles.